The molecular formula is C27H25IN4O3. The van der Waals surface area contributed by atoms with Crippen LogP contribution in [0.4, 0.5) is 0 Å². The Labute approximate surface area is 215 Å². The number of rotatable bonds is 5. The molecule has 0 N–H and O–H groups in total. The molecule has 0 bridgehead atoms. The predicted octanol–water partition coefficient (Wildman–Crippen LogP) is 4.66. The first-order valence-electron chi connectivity index (χ1n) is 11.2. The quantitative estimate of drug-likeness (QED) is 0.284. The van der Waals surface area contributed by atoms with Crippen LogP contribution in [-0.4, -0.2) is 18.7 Å². The molecule has 0 fully saturated rings. The highest BCUT2D eigenvalue weighted by Crippen LogP contribution is 2.34. The highest BCUT2D eigenvalue weighted by molar-refractivity contribution is 14.1. The van der Waals surface area contributed by atoms with Gasteiger partial charge in [0.2, 0.25) is 0 Å². The zero-order valence-electron chi connectivity index (χ0n) is 19.9. The first kappa shape index (κ1) is 23.2. The zero-order chi connectivity index (χ0) is 24.9. The van der Waals surface area contributed by atoms with Gasteiger partial charge in [-0.25, -0.2) is 9.36 Å². The molecule has 0 aliphatic carbocycles. The minimum atomic E-state index is -0.661. The highest BCUT2D eigenvalue weighted by atomic mass is 127. The summed E-state index contributed by atoms with van der Waals surface area (Å²) in [6.45, 7) is 3.82. The van der Waals surface area contributed by atoms with Gasteiger partial charge in [-0.2, -0.15) is 0 Å². The number of furan rings is 1. The smallest absolute Gasteiger partial charge is 0.275 e. The maximum atomic E-state index is 14.0. The molecule has 0 saturated carbocycles. The van der Waals surface area contributed by atoms with E-state index in [1.807, 2.05) is 110 Å². The SMILES string of the molecule is Cc1c(C(c2ccc(I)o2)c2c(C)n(C)n(-c3ccccc3)c2=O)c(=O)n(-c2ccccc2)n1C. The largest absolute Gasteiger partial charge is 0.454 e. The van der Waals surface area contributed by atoms with Gasteiger partial charge < -0.3 is 4.42 Å². The molecule has 2 aromatic carbocycles. The van der Waals surface area contributed by atoms with Crippen molar-refractivity contribution in [2.45, 2.75) is 19.8 Å². The Morgan fingerprint density at radius 2 is 1.11 bits per heavy atom. The lowest BCUT2D eigenvalue weighted by Crippen LogP contribution is -2.26. The van der Waals surface area contributed by atoms with E-state index in [0.29, 0.717) is 20.7 Å². The summed E-state index contributed by atoms with van der Waals surface area (Å²) in [7, 11) is 3.71. The van der Waals surface area contributed by atoms with Crippen LogP contribution >= 0.6 is 22.6 Å². The molecule has 0 unspecified atom stereocenters. The number of para-hydroxylation sites is 2. The fourth-order valence-corrected chi connectivity index (χ4v) is 5.19. The number of hydrogen-bond donors (Lipinski definition) is 0. The molecule has 0 atom stereocenters. The second kappa shape index (κ2) is 8.92. The van der Waals surface area contributed by atoms with Crippen molar-refractivity contribution in [3.8, 4) is 11.4 Å². The van der Waals surface area contributed by atoms with Crippen LogP contribution in [0.15, 0.2) is 86.8 Å². The van der Waals surface area contributed by atoms with Crippen molar-refractivity contribution in [3.05, 3.63) is 126 Å². The van der Waals surface area contributed by atoms with E-state index in [9.17, 15) is 9.59 Å². The van der Waals surface area contributed by atoms with E-state index in [4.69, 9.17) is 4.42 Å². The zero-order valence-corrected chi connectivity index (χ0v) is 22.1. The maximum absolute atomic E-state index is 14.0. The molecule has 178 valence electrons. The topological polar surface area (TPSA) is 67.0 Å². The summed E-state index contributed by atoms with van der Waals surface area (Å²) < 4.78 is 13.7. The van der Waals surface area contributed by atoms with Crippen molar-refractivity contribution in [2.24, 2.45) is 14.1 Å². The molecule has 3 aromatic heterocycles. The molecule has 0 radical (unpaired) electrons. The second-order valence-electron chi connectivity index (χ2n) is 8.53. The fourth-order valence-electron chi connectivity index (χ4n) is 4.76. The molecule has 35 heavy (non-hydrogen) atoms. The van der Waals surface area contributed by atoms with Crippen molar-refractivity contribution in [1.29, 1.82) is 0 Å². The number of hydrogen-bond acceptors (Lipinski definition) is 3. The number of benzene rings is 2. The fraction of sp³-hybridized carbons (Fsp3) is 0.185. The van der Waals surface area contributed by atoms with Crippen LogP contribution in [0.1, 0.15) is 34.2 Å². The Hall–Kier alpha value is -3.53. The summed E-state index contributed by atoms with van der Waals surface area (Å²) in [5.41, 5.74) is 3.74. The molecule has 8 heteroatoms. The summed E-state index contributed by atoms with van der Waals surface area (Å²) in [6, 6.07) is 22.7. The van der Waals surface area contributed by atoms with Gasteiger partial charge in [0, 0.05) is 25.5 Å². The lowest BCUT2D eigenvalue weighted by Gasteiger charge is -2.13. The van der Waals surface area contributed by atoms with E-state index in [1.165, 1.54) is 0 Å². The number of halogens is 1. The average molecular weight is 580 g/mol. The molecular weight excluding hydrogens is 555 g/mol. The molecule has 0 saturated heterocycles. The van der Waals surface area contributed by atoms with E-state index < -0.39 is 5.92 Å². The van der Waals surface area contributed by atoms with Gasteiger partial charge in [-0.3, -0.25) is 19.0 Å². The van der Waals surface area contributed by atoms with Gasteiger partial charge in [0.1, 0.15) is 5.76 Å². The van der Waals surface area contributed by atoms with E-state index in [2.05, 4.69) is 22.6 Å². The molecule has 0 aliphatic rings. The summed E-state index contributed by atoms with van der Waals surface area (Å²) in [4.78, 5) is 27.9. The summed E-state index contributed by atoms with van der Waals surface area (Å²) in [5.74, 6) is -0.0998. The Balaban J connectivity index is 1.83. The van der Waals surface area contributed by atoms with Crippen molar-refractivity contribution < 1.29 is 4.42 Å². The molecule has 7 nitrogen and oxygen atoms in total. The maximum Gasteiger partial charge on any atom is 0.275 e. The van der Waals surface area contributed by atoms with E-state index in [-0.39, 0.29) is 11.1 Å². The van der Waals surface area contributed by atoms with Gasteiger partial charge in [0.15, 0.2) is 3.77 Å². The molecule has 3 heterocycles. The van der Waals surface area contributed by atoms with Crippen molar-refractivity contribution in [3.63, 3.8) is 0 Å². The predicted molar refractivity (Wildman–Crippen MR) is 144 cm³/mol. The van der Waals surface area contributed by atoms with Gasteiger partial charge in [-0.1, -0.05) is 36.4 Å². The van der Waals surface area contributed by atoms with Crippen LogP contribution in [0.2, 0.25) is 0 Å². The number of aromatic nitrogens is 4. The van der Waals surface area contributed by atoms with Crippen LogP contribution in [0, 0.1) is 17.6 Å². The van der Waals surface area contributed by atoms with E-state index in [0.717, 1.165) is 22.8 Å². The Morgan fingerprint density at radius 1 is 0.686 bits per heavy atom. The Bertz CT molecular complexity index is 1530. The minimum absolute atomic E-state index is 0.179. The Kier molecular flexibility index (Phi) is 5.92. The van der Waals surface area contributed by atoms with Gasteiger partial charge >= 0.3 is 0 Å². The third kappa shape index (κ3) is 3.72. The van der Waals surface area contributed by atoms with Gasteiger partial charge in [0.25, 0.3) is 11.1 Å². The third-order valence-corrected chi connectivity index (χ3v) is 7.23. The molecule has 0 spiro atoms. The van der Waals surface area contributed by atoms with Crippen LogP contribution in [0.25, 0.3) is 11.4 Å². The van der Waals surface area contributed by atoms with Gasteiger partial charge in [0.05, 0.1) is 28.4 Å². The summed E-state index contributed by atoms with van der Waals surface area (Å²) in [6.07, 6.45) is 0. The van der Waals surface area contributed by atoms with Crippen molar-refractivity contribution in [2.75, 3.05) is 0 Å². The monoisotopic (exact) mass is 580 g/mol. The average Bonchev–Trinajstić information content (AvgIpc) is 3.45. The lowest BCUT2D eigenvalue weighted by molar-refractivity contribution is 0.477. The van der Waals surface area contributed by atoms with Crippen LogP contribution in [0.3, 0.4) is 0 Å². The van der Waals surface area contributed by atoms with Crippen molar-refractivity contribution >= 4 is 22.6 Å². The second-order valence-corrected chi connectivity index (χ2v) is 9.59. The van der Waals surface area contributed by atoms with E-state index >= 15 is 0 Å². The van der Waals surface area contributed by atoms with Gasteiger partial charge in [-0.15, -0.1) is 0 Å². The van der Waals surface area contributed by atoms with E-state index in [1.54, 1.807) is 9.36 Å². The highest BCUT2D eigenvalue weighted by Gasteiger charge is 2.34. The first-order valence-corrected chi connectivity index (χ1v) is 12.3. The van der Waals surface area contributed by atoms with Crippen molar-refractivity contribution in [1.82, 2.24) is 18.7 Å². The van der Waals surface area contributed by atoms with Crippen LogP contribution in [0.5, 0.6) is 0 Å². The van der Waals surface area contributed by atoms with Gasteiger partial charge in [-0.05, 0) is 72.8 Å². The molecule has 5 rings (SSSR count). The summed E-state index contributed by atoms with van der Waals surface area (Å²) >= 11 is 2.11. The van der Waals surface area contributed by atoms with Crippen LogP contribution < -0.4 is 11.1 Å². The number of nitrogens with zero attached hydrogens (tertiary/aromatic N) is 4. The Morgan fingerprint density at radius 3 is 1.49 bits per heavy atom. The summed E-state index contributed by atoms with van der Waals surface area (Å²) in [5, 5.41) is 0. The molecule has 5 aromatic rings. The molecule has 0 amide bonds. The minimum Gasteiger partial charge on any atom is -0.454 e. The third-order valence-electron chi connectivity index (χ3n) is 6.65. The normalized spacial score (nSPS) is 11.5. The lowest BCUT2D eigenvalue weighted by atomic mass is 9.89. The molecule has 0 aliphatic heterocycles. The first-order chi connectivity index (χ1) is 16.8. The standard InChI is InChI=1S/C27H25IN4O3/c1-17-23(26(33)31(29(17)3)19-11-7-5-8-12-19)25(21-15-16-22(28)35-21)24-18(2)30(4)32(27(24)34)20-13-9-6-10-14-20/h5-16,25H,1-4H3. The van der Waals surface area contributed by atoms with Crippen LogP contribution in [-0.2, 0) is 14.1 Å².